The van der Waals surface area contributed by atoms with Gasteiger partial charge < -0.3 is 5.32 Å². The van der Waals surface area contributed by atoms with E-state index in [1.165, 1.54) is 31.7 Å². The summed E-state index contributed by atoms with van der Waals surface area (Å²) < 4.78 is 13.3. The second kappa shape index (κ2) is 6.23. The van der Waals surface area contributed by atoms with E-state index < -0.39 is 0 Å². The van der Waals surface area contributed by atoms with Crippen molar-refractivity contribution in [1.29, 1.82) is 0 Å². The molecule has 0 amide bonds. The predicted molar refractivity (Wildman–Crippen MR) is 85.1 cm³/mol. The van der Waals surface area contributed by atoms with Gasteiger partial charge in [-0.3, -0.25) is 4.90 Å². The molecule has 1 aliphatic heterocycles. The molecule has 1 N–H and O–H groups in total. The number of hydrogen-bond acceptors (Lipinski definition) is 2. The van der Waals surface area contributed by atoms with E-state index >= 15 is 0 Å². The van der Waals surface area contributed by atoms with Crippen LogP contribution in [0.25, 0.3) is 0 Å². The molecule has 1 aliphatic carbocycles. The van der Waals surface area contributed by atoms with Crippen LogP contribution < -0.4 is 5.32 Å². The Morgan fingerprint density at radius 3 is 2.86 bits per heavy atom. The number of hydrogen-bond donors (Lipinski definition) is 1. The lowest BCUT2D eigenvalue weighted by Crippen LogP contribution is -2.49. The first-order valence-electron chi connectivity index (χ1n) is 8.01. The Balaban J connectivity index is 1.76. The summed E-state index contributed by atoms with van der Waals surface area (Å²) in [6, 6.07) is 5.64. The van der Waals surface area contributed by atoms with Crippen LogP contribution in [-0.4, -0.2) is 29.6 Å². The Bertz CT molecular complexity index is 500. The number of nitrogens with one attached hydrogen (secondary N) is 1. The van der Waals surface area contributed by atoms with E-state index in [0.717, 1.165) is 31.6 Å². The summed E-state index contributed by atoms with van der Waals surface area (Å²) in [5.41, 5.74) is 1.40. The maximum atomic E-state index is 13.3. The topological polar surface area (TPSA) is 15.3 Å². The van der Waals surface area contributed by atoms with Crippen molar-refractivity contribution >= 4 is 11.6 Å². The molecule has 0 bridgehead atoms. The van der Waals surface area contributed by atoms with Crippen molar-refractivity contribution in [2.75, 3.05) is 13.1 Å². The van der Waals surface area contributed by atoms with Crippen LogP contribution in [0, 0.1) is 5.82 Å². The zero-order valence-corrected chi connectivity index (χ0v) is 13.4. The highest BCUT2D eigenvalue weighted by Crippen LogP contribution is 2.33. The van der Waals surface area contributed by atoms with Crippen LogP contribution in [0.3, 0.4) is 0 Å². The monoisotopic (exact) mass is 310 g/mol. The summed E-state index contributed by atoms with van der Waals surface area (Å²) in [6.45, 7) is 5.33. The van der Waals surface area contributed by atoms with Gasteiger partial charge in [-0.25, -0.2) is 4.39 Å². The molecule has 1 spiro atoms. The molecular formula is C17H24ClFN2. The third kappa shape index (κ3) is 3.41. The van der Waals surface area contributed by atoms with E-state index in [1.54, 1.807) is 6.07 Å². The van der Waals surface area contributed by atoms with Crippen molar-refractivity contribution in [3.05, 3.63) is 34.6 Å². The lowest BCUT2D eigenvalue weighted by Gasteiger charge is -2.35. The molecule has 1 atom stereocenters. The van der Waals surface area contributed by atoms with Crippen LogP contribution in [0.4, 0.5) is 4.39 Å². The lowest BCUT2D eigenvalue weighted by molar-refractivity contribution is 0.160. The molecule has 1 saturated carbocycles. The predicted octanol–water partition coefficient (Wildman–Crippen LogP) is 3.98. The van der Waals surface area contributed by atoms with Crippen molar-refractivity contribution in [3.63, 3.8) is 0 Å². The van der Waals surface area contributed by atoms with E-state index in [0.29, 0.717) is 11.6 Å². The summed E-state index contributed by atoms with van der Waals surface area (Å²) in [5.74, 6) is -0.335. The van der Waals surface area contributed by atoms with E-state index in [2.05, 4.69) is 17.1 Å². The van der Waals surface area contributed by atoms with Gasteiger partial charge in [0.05, 0.1) is 5.02 Å². The van der Waals surface area contributed by atoms with Gasteiger partial charge in [-0.1, -0.05) is 30.5 Å². The summed E-state index contributed by atoms with van der Waals surface area (Å²) in [4.78, 5) is 2.54. The van der Waals surface area contributed by atoms with Crippen LogP contribution >= 0.6 is 11.6 Å². The van der Waals surface area contributed by atoms with E-state index in [1.807, 2.05) is 6.07 Å². The number of nitrogens with zero attached hydrogens (tertiary/aromatic N) is 1. The highest BCUT2D eigenvalue weighted by atomic mass is 35.5. The van der Waals surface area contributed by atoms with Gasteiger partial charge in [-0.05, 0) is 50.4 Å². The molecule has 1 aromatic carbocycles. The molecule has 0 aromatic heterocycles. The Morgan fingerprint density at radius 2 is 2.14 bits per heavy atom. The maximum Gasteiger partial charge on any atom is 0.141 e. The van der Waals surface area contributed by atoms with Gasteiger partial charge in [0, 0.05) is 24.7 Å². The fraction of sp³-hybridized carbons (Fsp3) is 0.647. The second-order valence-electron chi connectivity index (χ2n) is 6.71. The largest absolute Gasteiger partial charge is 0.310 e. The number of benzene rings is 1. The normalized spacial score (nSPS) is 26.1. The summed E-state index contributed by atoms with van der Waals surface area (Å²) in [5, 5.41) is 4.02. The van der Waals surface area contributed by atoms with Gasteiger partial charge in [0.25, 0.3) is 0 Å². The van der Waals surface area contributed by atoms with Gasteiger partial charge in [0.2, 0.25) is 0 Å². The third-order valence-electron chi connectivity index (χ3n) is 5.12. The minimum absolute atomic E-state index is 0.226. The van der Waals surface area contributed by atoms with Crippen molar-refractivity contribution < 1.29 is 4.39 Å². The van der Waals surface area contributed by atoms with Crippen LogP contribution in [-0.2, 0) is 6.54 Å². The van der Waals surface area contributed by atoms with E-state index in [-0.39, 0.29) is 10.8 Å². The molecule has 0 radical (unpaired) electrons. The average molecular weight is 311 g/mol. The Hall–Kier alpha value is -0.640. The Morgan fingerprint density at radius 1 is 1.38 bits per heavy atom. The zero-order valence-electron chi connectivity index (χ0n) is 12.7. The van der Waals surface area contributed by atoms with Gasteiger partial charge in [0.15, 0.2) is 0 Å². The molecule has 21 heavy (non-hydrogen) atoms. The number of rotatable bonds is 2. The highest BCUT2D eigenvalue weighted by Gasteiger charge is 2.37. The molecule has 1 heterocycles. The molecule has 4 heteroatoms. The zero-order chi connectivity index (χ0) is 14.9. The highest BCUT2D eigenvalue weighted by molar-refractivity contribution is 6.30. The SMILES string of the molecule is CC1CCNC2(CCCC2)CN1Cc1ccc(F)c(Cl)c1. The van der Waals surface area contributed by atoms with Crippen molar-refractivity contribution in [3.8, 4) is 0 Å². The molecular weight excluding hydrogens is 287 g/mol. The van der Waals surface area contributed by atoms with Crippen molar-refractivity contribution in [1.82, 2.24) is 10.2 Å². The standard InChI is InChI=1S/C17H24ClFN2/c1-13-6-9-20-17(7-2-3-8-17)12-21(13)11-14-4-5-16(19)15(18)10-14/h4-5,10,13,20H,2-3,6-9,11-12H2,1H3. The van der Waals surface area contributed by atoms with Crippen molar-refractivity contribution in [2.45, 2.75) is 57.2 Å². The maximum absolute atomic E-state index is 13.3. The Kier molecular flexibility index (Phi) is 4.53. The third-order valence-corrected chi connectivity index (χ3v) is 5.41. The summed E-state index contributed by atoms with van der Waals surface area (Å²) in [7, 11) is 0. The summed E-state index contributed by atoms with van der Waals surface area (Å²) >= 11 is 5.91. The summed E-state index contributed by atoms with van der Waals surface area (Å²) in [6.07, 6.45) is 6.38. The van der Waals surface area contributed by atoms with Gasteiger partial charge in [-0.2, -0.15) is 0 Å². The van der Waals surface area contributed by atoms with Crippen molar-refractivity contribution in [2.24, 2.45) is 0 Å². The molecule has 1 saturated heterocycles. The number of halogens is 2. The molecule has 2 nitrogen and oxygen atoms in total. The average Bonchev–Trinajstić information content (AvgIpc) is 2.84. The molecule has 116 valence electrons. The van der Waals surface area contributed by atoms with Crippen LogP contribution in [0.5, 0.6) is 0 Å². The van der Waals surface area contributed by atoms with E-state index in [9.17, 15) is 4.39 Å². The van der Waals surface area contributed by atoms with Gasteiger partial charge >= 0.3 is 0 Å². The first-order valence-corrected chi connectivity index (χ1v) is 8.39. The first-order chi connectivity index (χ1) is 10.1. The smallest absolute Gasteiger partial charge is 0.141 e. The second-order valence-corrected chi connectivity index (χ2v) is 7.11. The molecule has 2 fully saturated rings. The van der Waals surface area contributed by atoms with Gasteiger partial charge in [0.1, 0.15) is 5.82 Å². The molecule has 3 rings (SSSR count). The lowest BCUT2D eigenvalue weighted by atomic mass is 9.96. The molecule has 1 aromatic rings. The van der Waals surface area contributed by atoms with Crippen LogP contribution in [0.1, 0.15) is 44.6 Å². The molecule has 2 aliphatic rings. The first kappa shape index (κ1) is 15.3. The van der Waals surface area contributed by atoms with Gasteiger partial charge in [-0.15, -0.1) is 0 Å². The molecule has 1 unspecified atom stereocenters. The van der Waals surface area contributed by atoms with Crippen LogP contribution in [0.2, 0.25) is 5.02 Å². The fourth-order valence-electron chi connectivity index (χ4n) is 3.80. The van der Waals surface area contributed by atoms with Crippen LogP contribution in [0.15, 0.2) is 18.2 Å². The van der Waals surface area contributed by atoms with E-state index in [4.69, 9.17) is 11.6 Å². The fourth-order valence-corrected chi connectivity index (χ4v) is 4.00. The minimum atomic E-state index is -0.335. The Labute approximate surface area is 131 Å². The quantitative estimate of drug-likeness (QED) is 0.889. The minimum Gasteiger partial charge on any atom is -0.310 e.